The molecule has 10 aromatic carbocycles. The Labute approximate surface area is 375 Å². The number of hydrogen-bond donors (Lipinski definition) is 0. The molecule has 0 N–H and O–H groups in total. The molecule has 0 saturated heterocycles. The summed E-state index contributed by atoms with van der Waals surface area (Å²) in [6.07, 6.45) is 0. The standard InChI is InChI=1S/C60H38N4.CH4/c1-3-19-40(20-4-1)62-51-30-13-8-25-44(51)46-34-36-55-57(59(46)62)48-27-10-15-32-53(48)61(55)42-23-17-18-39(38-42)43-24-7-12-29-50(43)64-54-33-16-11-28-49(54)58-56(64)37-35-47-45-26-9-14-31-52(45)63(60(47)58)41-21-5-2-6-22-41;/h1-38H;1H4. The van der Waals surface area contributed by atoms with Crippen LogP contribution in [-0.4, -0.2) is 18.3 Å². The summed E-state index contributed by atoms with van der Waals surface area (Å²) >= 11 is 0. The molecule has 0 unspecified atom stereocenters. The van der Waals surface area contributed by atoms with Crippen LogP contribution in [0, 0.1) is 0 Å². The van der Waals surface area contributed by atoms with E-state index < -0.39 is 0 Å². The van der Waals surface area contributed by atoms with Crippen molar-refractivity contribution in [3.05, 3.63) is 231 Å². The average Bonchev–Trinajstić information content (AvgIpc) is 4.09. The van der Waals surface area contributed by atoms with E-state index in [0.29, 0.717) is 0 Å². The molecule has 0 fully saturated rings. The fourth-order valence-corrected chi connectivity index (χ4v) is 11.0. The maximum Gasteiger partial charge on any atom is 0.0641 e. The monoisotopic (exact) mass is 830 g/mol. The molecule has 0 aliphatic rings. The predicted molar refractivity (Wildman–Crippen MR) is 276 cm³/mol. The summed E-state index contributed by atoms with van der Waals surface area (Å²) in [7, 11) is 0. The Balaban J connectivity index is 0.00000423. The molecule has 0 spiro atoms. The van der Waals surface area contributed by atoms with Crippen LogP contribution in [0.5, 0.6) is 0 Å². The van der Waals surface area contributed by atoms with Crippen LogP contribution in [0.25, 0.3) is 121 Å². The van der Waals surface area contributed by atoms with Crippen molar-refractivity contribution in [2.75, 3.05) is 0 Å². The first kappa shape index (κ1) is 37.0. The van der Waals surface area contributed by atoms with Crippen molar-refractivity contribution >= 4 is 87.2 Å². The van der Waals surface area contributed by atoms with Crippen molar-refractivity contribution in [1.82, 2.24) is 18.3 Å². The Morgan fingerprint density at radius 1 is 0.246 bits per heavy atom. The van der Waals surface area contributed by atoms with Crippen molar-refractivity contribution in [2.45, 2.75) is 7.43 Å². The maximum atomic E-state index is 2.48. The molecule has 14 aromatic rings. The highest BCUT2D eigenvalue weighted by molar-refractivity contribution is 6.27. The molecule has 4 aromatic heterocycles. The minimum Gasteiger partial charge on any atom is -0.309 e. The number of nitrogens with zero attached hydrogens (tertiary/aromatic N) is 4. The van der Waals surface area contributed by atoms with Crippen molar-refractivity contribution < 1.29 is 0 Å². The number of rotatable bonds is 5. The van der Waals surface area contributed by atoms with Gasteiger partial charge >= 0.3 is 0 Å². The first-order valence-corrected chi connectivity index (χ1v) is 22.0. The number of benzene rings is 10. The third-order valence-electron chi connectivity index (χ3n) is 13.5. The lowest BCUT2D eigenvalue weighted by Gasteiger charge is -2.16. The highest BCUT2D eigenvalue weighted by Crippen LogP contribution is 2.45. The fourth-order valence-electron chi connectivity index (χ4n) is 11.0. The molecule has 306 valence electrons. The Morgan fingerprint density at radius 3 is 1.22 bits per heavy atom. The summed E-state index contributed by atoms with van der Waals surface area (Å²) in [6, 6.07) is 84.3. The van der Waals surface area contributed by atoms with Crippen LogP contribution in [0.3, 0.4) is 0 Å². The van der Waals surface area contributed by atoms with E-state index in [0.717, 1.165) is 28.3 Å². The quantitative estimate of drug-likeness (QED) is 0.165. The van der Waals surface area contributed by atoms with Crippen LogP contribution in [-0.2, 0) is 0 Å². The van der Waals surface area contributed by atoms with Crippen molar-refractivity contribution in [3.8, 4) is 33.9 Å². The molecule has 0 atom stereocenters. The Kier molecular flexibility index (Phi) is 8.09. The minimum atomic E-state index is 0. The van der Waals surface area contributed by atoms with Crippen LogP contribution < -0.4 is 0 Å². The molecule has 0 radical (unpaired) electrons. The van der Waals surface area contributed by atoms with Crippen LogP contribution >= 0.6 is 0 Å². The lowest BCUT2D eigenvalue weighted by molar-refractivity contribution is 1.17. The summed E-state index contributed by atoms with van der Waals surface area (Å²) in [4.78, 5) is 0. The van der Waals surface area contributed by atoms with E-state index in [4.69, 9.17) is 0 Å². The molecule has 4 heteroatoms. The maximum absolute atomic E-state index is 2.48. The molecule has 0 saturated carbocycles. The van der Waals surface area contributed by atoms with E-state index in [2.05, 4.69) is 249 Å². The first-order chi connectivity index (χ1) is 31.8. The Hall–Kier alpha value is -8.60. The molecule has 4 heterocycles. The third kappa shape index (κ3) is 5.19. The van der Waals surface area contributed by atoms with E-state index in [9.17, 15) is 0 Å². The minimum absolute atomic E-state index is 0. The van der Waals surface area contributed by atoms with Gasteiger partial charge in [0.2, 0.25) is 0 Å². The van der Waals surface area contributed by atoms with Crippen molar-refractivity contribution in [3.63, 3.8) is 0 Å². The van der Waals surface area contributed by atoms with E-state index in [1.165, 1.54) is 92.8 Å². The van der Waals surface area contributed by atoms with Crippen molar-refractivity contribution in [1.29, 1.82) is 0 Å². The molecule has 0 aliphatic heterocycles. The number of hydrogen-bond acceptors (Lipinski definition) is 0. The SMILES string of the molecule is C.c1ccc(-n2c3ccccc3c3ccc4c(c5ccccc5n4-c4cccc(-c5ccccc5-n5c6ccccc6c6c5ccc5c7ccccc7n(-c7ccccc7)c56)c4)c32)cc1. The normalized spacial score (nSPS) is 11.9. The molecule has 14 rings (SSSR count). The Bertz CT molecular complexity index is 4180. The van der Waals surface area contributed by atoms with Gasteiger partial charge in [0.1, 0.15) is 0 Å². The van der Waals surface area contributed by atoms with Crippen LogP contribution in [0.2, 0.25) is 0 Å². The lowest BCUT2D eigenvalue weighted by atomic mass is 10.0. The Morgan fingerprint density at radius 2 is 0.662 bits per heavy atom. The lowest BCUT2D eigenvalue weighted by Crippen LogP contribution is -1.99. The van der Waals surface area contributed by atoms with Gasteiger partial charge in [-0.3, -0.25) is 0 Å². The van der Waals surface area contributed by atoms with Gasteiger partial charge in [-0.25, -0.2) is 0 Å². The summed E-state index contributed by atoms with van der Waals surface area (Å²) < 4.78 is 9.86. The van der Waals surface area contributed by atoms with Crippen LogP contribution in [0.4, 0.5) is 0 Å². The van der Waals surface area contributed by atoms with E-state index >= 15 is 0 Å². The second kappa shape index (κ2) is 14.2. The van der Waals surface area contributed by atoms with Gasteiger partial charge in [-0.2, -0.15) is 0 Å². The van der Waals surface area contributed by atoms with Gasteiger partial charge in [-0.15, -0.1) is 0 Å². The first-order valence-electron chi connectivity index (χ1n) is 22.0. The van der Waals surface area contributed by atoms with Crippen LogP contribution in [0.1, 0.15) is 7.43 Å². The summed E-state index contributed by atoms with van der Waals surface area (Å²) in [6.45, 7) is 0. The van der Waals surface area contributed by atoms with Crippen molar-refractivity contribution in [2.24, 2.45) is 0 Å². The van der Waals surface area contributed by atoms with E-state index in [-0.39, 0.29) is 7.43 Å². The van der Waals surface area contributed by atoms with Gasteiger partial charge in [-0.1, -0.05) is 159 Å². The smallest absolute Gasteiger partial charge is 0.0641 e. The van der Waals surface area contributed by atoms with Gasteiger partial charge in [-0.05, 0) is 84.4 Å². The average molecular weight is 831 g/mol. The topological polar surface area (TPSA) is 19.7 Å². The third-order valence-corrected chi connectivity index (χ3v) is 13.5. The largest absolute Gasteiger partial charge is 0.309 e. The predicted octanol–water partition coefficient (Wildman–Crippen LogP) is 16.4. The molecule has 4 nitrogen and oxygen atoms in total. The second-order valence-corrected chi connectivity index (χ2v) is 16.9. The summed E-state index contributed by atoms with van der Waals surface area (Å²) in [5, 5.41) is 9.99. The van der Waals surface area contributed by atoms with Gasteiger partial charge in [0.25, 0.3) is 0 Å². The van der Waals surface area contributed by atoms with Gasteiger partial charge in [0, 0.05) is 65.7 Å². The molecule has 0 aliphatic carbocycles. The van der Waals surface area contributed by atoms with Gasteiger partial charge in [0.05, 0.1) is 49.8 Å². The zero-order chi connectivity index (χ0) is 41.9. The fraction of sp³-hybridized carbons (Fsp3) is 0.0164. The van der Waals surface area contributed by atoms with Gasteiger partial charge < -0.3 is 18.3 Å². The molecule has 0 amide bonds. The van der Waals surface area contributed by atoms with Gasteiger partial charge in [0.15, 0.2) is 0 Å². The van der Waals surface area contributed by atoms with E-state index in [1.807, 2.05) is 0 Å². The number of fused-ring (bicyclic) bond motifs is 14. The molecule has 65 heavy (non-hydrogen) atoms. The summed E-state index contributed by atoms with van der Waals surface area (Å²) in [5.74, 6) is 0. The molecular formula is C61H42N4. The van der Waals surface area contributed by atoms with Crippen LogP contribution in [0.15, 0.2) is 231 Å². The summed E-state index contributed by atoms with van der Waals surface area (Å²) in [5.41, 5.74) is 16.5. The highest BCUT2D eigenvalue weighted by Gasteiger charge is 2.24. The number of aromatic nitrogens is 4. The highest BCUT2D eigenvalue weighted by atomic mass is 15.0. The zero-order valence-corrected chi connectivity index (χ0v) is 34.7. The molecule has 0 bridgehead atoms. The number of para-hydroxylation sites is 7. The van der Waals surface area contributed by atoms with E-state index in [1.54, 1.807) is 0 Å². The zero-order valence-electron chi connectivity index (χ0n) is 34.7. The molecular weight excluding hydrogens is 789 g/mol. The second-order valence-electron chi connectivity index (χ2n) is 16.9.